The monoisotopic (exact) mass is 297 g/mol. The molecule has 2 rings (SSSR count). The van der Waals surface area contributed by atoms with Crippen molar-refractivity contribution in [3.05, 3.63) is 34.3 Å². The summed E-state index contributed by atoms with van der Waals surface area (Å²) in [6.07, 6.45) is 1.88. The number of rotatable bonds is 3. The normalized spacial score (nSPS) is 23.6. The van der Waals surface area contributed by atoms with E-state index < -0.39 is 5.54 Å². The van der Waals surface area contributed by atoms with Gasteiger partial charge in [-0.1, -0.05) is 28.1 Å². The fourth-order valence-corrected chi connectivity index (χ4v) is 2.45. The molecule has 1 heterocycles. The molecule has 0 aliphatic carbocycles. The molecule has 1 saturated heterocycles. The van der Waals surface area contributed by atoms with Crippen LogP contribution in [-0.4, -0.2) is 18.1 Å². The van der Waals surface area contributed by atoms with Gasteiger partial charge in [-0.2, -0.15) is 0 Å². The lowest BCUT2D eigenvalue weighted by molar-refractivity contribution is -0.151. The minimum Gasteiger partial charge on any atom is -0.459 e. The van der Waals surface area contributed by atoms with E-state index in [1.54, 1.807) is 0 Å². The third kappa shape index (κ3) is 3.07. The van der Waals surface area contributed by atoms with E-state index in [0.717, 1.165) is 29.4 Å². The second-order valence-corrected chi connectivity index (χ2v) is 5.48. The minimum atomic E-state index is -0.494. The summed E-state index contributed by atoms with van der Waals surface area (Å²) in [5, 5.41) is 3.20. The summed E-state index contributed by atoms with van der Waals surface area (Å²) in [6, 6.07) is 7.79. The van der Waals surface area contributed by atoms with Crippen LogP contribution in [0.4, 0.5) is 0 Å². The van der Waals surface area contributed by atoms with Gasteiger partial charge in [0, 0.05) is 4.47 Å². The number of ether oxygens (including phenoxy) is 1. The SMILES string of the molecule is CC1(C(=O)OCc2cccc(Br)c2)CCCN1. The Morgan fingerprint density at radius 2 is 2.41 bits per heavy atom. The van der Waals surface area contributed by atoms with Crippen LogP contribution in [0.3, 0.4) is 0 Å². The van der Waals surface area contributed by atoms with E-state index in [4.69, 9.17) is 4.74 Å². The topological polar surface area (TPSA) is 38.3 Å². The Kier molecular flexibility index (Phi) is 3.84. The van der Waals surface area contributed by atoms with E-state index >= 15 is 0 Å². The summed E-state index contributed by atoms with van der Waals surface area (Å²) in [5.41, 5.74) is 0.501. The van der Waals surface area contributed by atoms with Gasteiger partial charge in [0.05, 0.1) is 0 Å². The molecule has 0 amide bonds. The molecule has 0 aromatic heterocycles. The van der Waals surface area contributed by atoms with Gasteiger partial charge < -0.3 is 10.1 Å². The van der Waals surface area contributed by atoms with Crippen molar-refractivity contribution < 1.29 is 9.53 Å². The molecule has 0 saturated carbocycles. The highest BCUT2D eigenvalue weighted by atomic mass is 79.9. The van der Waals surface area contributed by atoms with Crippen molar-refractivity contribution in [3.8, 4) is 0 Å². The molecule has 1 unspecified atom stereocenters. The summed E-state index contributed by atoms with van der Waals surface area (Å²) in [6.45, 7) is 3.13. The Balaban J connectivity index is 1.92. The van der Waals surface area contributed by atoms with Gasteiger partial charge in [0.15, 0.2) is 0 Å². The Labute approximate surface area is 110 Å². The van der Waals surface area contributed by atoms with Gasteiger partial charge in [-0.25, -0.2) is 0 Å². The Morgan fingerprint density at radius 3 is 3.06 bits per heavy atom. The van der Waals surface area contributed by atoms with Crippen molar-refractivity contribution in [3.63, 3.8) is 0 Å². The number of hydrogen-bond acceptors (Lipinski definition) is 3. The molecule has 4 heteroatoms. The Bertz CT molecular complexity index is 414. The van der Waals surface area contributed by atoms with Crippen LogP contribution < -0.4 is 5.32 Å². The molecule has 0 bridgehead atoms. The lowest BCUT2D eigenvalue weighted by Crippen LogP contribution is -2.45. The van der Waals surface area contributed by atoms with Crippen LogP contribution in [0, 0.1) is 0 Å². The van der Waals surface area contributed by atoms with Gasteiger partial charge in [0.2, 0.25) is 0 Å². The second-order valence-electron chi connectivity index (χ2n) is 4.57. The average molecular weight is 298 g/mol. The molecule has 1 fully saturated rings. The maximum Gasteiger partial charge on any atom is 0.326 e. The third-order valence-corrected chi connectivity index (χ3v) is 3.57. The predicted octanol–water partition coefficient (Wildman–Crippen LogP) is 2.63. The van der Waals surface area contributed by atoms with Crippen LogP contribution in [0.15, 0.2) is 28.7 Å². The zero-order chi connectivity index (χ0) is 12.3. The van der Waals surface area contributed by atoms with E-state index in [-0.39, 0.29) is 5.97 Å². The molecule has 0 spiro atoms. The van der Waals surface area contributed by atoms with Crippen molar-refractivity contribution in [1.29, 1.82) is 0 Å². The first-order chi connectivity index (χ1) is 8.10. The summed E-state index contributed by atoms with van der Waals surface area (Å²) in [7, 11) is 0. The number of halogens is 1. The van der Waals surface area contributed by atoms with Crippen molar-refractivity contribution in [1.82, 2.24) is 5.32 Å². The molecule has 17 heavy (non-hydrogen) atoms. The molecule has 0 radical (unpaired) electrons. The first-order valence-electron chi connectivity index (χ1n) is 5.77. The number of hydrogen-bond donors (Lipinski definition) is 1. The molecule has 1 atom stereocenters. The van der Waals surface area contributed by atoms with Crippen LogP contribution in [0.5, 0.6) is 0 Å². The number of benzene rings is 1. The number of carbonyl (C=O) groups excluding carboxylic acids is 1. The summed E-state index contributed by atoms with van der Waals surface area (Å²) in [5.74, 6) is -0.157. The largest absolute Gasteiger partial charge is 0.459 e. The molecule has 1 aliphatic rings. The zero-order valence-corrected chi connectivity index (χ0v) is 11.4. The highest BCUT2D eigenvalue weighted by Gasteiger charge is 2.37. The van der Waals surface area contributed by atoms with Gasteiger partial charge in [-0.15, -0.1) is 0 Å². The second kappa shape index (κ2) is 5.19. The van der Waals surface area contributed by atoms with E-state index in [9.17, 15) is 4.79 Å². The van der Waals surface area contributed by atoms with E-state index in [1.807, 2.05) is 31.2 Å². The van der Waals surface area contributed by atoms with Gasteiger partial charge in [-0.3, -0.25) is 4.79 Å². The predicted molar refractivity (Wildman–Crippen MR) is 69.6 cm³/mol. The smallest absolute Gasteiger partial charge is 0.326 e. The standard InChI is InChI=1S/C13H16BrNO2/c1-13(6-3-7-15-13)12(16)17-9-10-4-2-5-11(14)8-10/h2,4-5,8,15H,3,6-7,9H2,1H3. The van der Waals surface area contributed by atoms with Crippen LogP contribution in [0.25, 0.3) is 0 Å². The van der Waals surface area contributed by atoms with E-state index in [0.29, 0.717) is 6.61 Å². The lowest BCUT2D eigenvalue weighted by atomic mass is 10.0. The Hall–Kier alpha value is -0.870. The zero-order valence-electron chi connectivity index (χ0n) is 9.83. The fourth-order valence-electron chi connectivity index (χ4n) is 2.00. The van der Waals surface area contributed by atoms with Gasteiger partial charge >= 0.3 is 5.97 Å². The maximum atomic E-state index is 11.9. The van der Waals surface area contributed by atoms with Gasteiger partial charge in [0.25, 0.3) is 0 Å². The first kappa shape index (κ1) is 12.6. The Morgan fingerprint density at radius 1 is 1.59 bits per heavy atom. The third-order valence-electron chi connectivity index (χ3n) is 3.08. The number of nitrogens with one attached hydrogen (secondary N) is 1. The maximum absolute atomic E-state index is 11.9. The molecule has 3 nitrogen and oxygen atoms in total. The quantitative estimate of drug-likeness (QED) is 0.872. The molecule has 1 aliphatic heterocycles. The molecular formula is C13H16BrNO2. The van der Waals surface area contributed by atoms with Crippen molar-refractivity contribution in [2.75, 3.05) is 6.54 Å². The van der Waals surface area contributed by atoms with Gasteiger partial charge in [-0.05, 0) is 44.0 Å². The number of carbonyl (C=O) groups is 1. The molecule has 92 valence electrons. The summed E-state index contributed by atoms with van der Waals surface area (Å²) in [4.78, 5) is 11.9. The fraction of sp³-hybridized carbons (Fsp3) is 0.462. The van der Waals surface area contributed by atoms with Gasteiger partial charge in [0.1, 0.15) is 12.1 Å². The number of esters is 1. The molecule has 1 N–H and O–H groups in total. The molecule has 1 aromatic carbocycles. The highest BCUT2D eigenvalue weighted by molar-refractivity contribution is 9.10. The van der Waals surface area contributed by atoms with Crippen molar-refractivity contribution in [2.45, 2.75) is 31.9 Å². The summed E-state index contributed by atoms with van der Waals surface area (Å²) < 4.78 is 6.34. The van der Waals surface area contributed by atoms with E-state index in [2.05, 4.69) is 21.2 Å². The lowest BCUT2D eigenvalue weighted by Gasteiger charge is -2.21. The van der Waals surface area contributed by atoms with Crippen molar-refractivity contribution in [2.24, 2.45) is 0 Å². The van der Waals surface area contributed by atoms with Crippen LogP contribution in [0.1, 0.15) is 25.3 Å². The van der Waals surface area contributed by atoms with Crippen LogP contribution >= 0.6 is 15.9 Å². The van der Waals surface area contributed by atoms with Crippen molar-refractivity contribution >= 4 is 21.9 Å². The minimum absolute atomic E-state index is 0.157. The van der Waals surface area contributed by atoms with Crippen LogP contribution in [0.2, 0.25) is 0 Å². The van der Waals surface area contributed by atoms with Crippen LogP contribution in [-0.2, 0) is 16.1 Å². The molecular weight excluding hydrogens is 282 g/mol. The molecule has 1 aromatic rings. The highest BCUT2D eigenvalue weighted by Crippen LogP contribution is 2.21. The van der Waals surface area contributed by atoms with E-state index in [1.165, 1.54) is 0 Å². The first-order valence-corrected chi connectivity index (χ1v) is 6.56. The summed E-state index contributed by atoms with van der Waals surface area (Å²) >= 11 is 3.39. The average Bonchev–Trinajstić information content (AvgIpc) is 2.74.